The fraction of sp³-hybridized carbons (Fsp3) is 0.250. The van der Waals surface area contributed by atoms with Gasteiger partial charge in [0.25, 0.3) is 0 Å². The highest BCUT2D eigenvalue weighted by atomic mass is 32.2. The molecular formula is C16H17NO4S2. The first kappa shape index (κ1) is 17.4. The van der Waals surface area contributed by atoms with Crippen molar-refractivity contribution in [3.05, 3.63) is 46.2 Å². The molecule has 0 spiro atoms. The van der Waals surface area contributed by atoms with Crippen LogP contribution in [0.5, 0.6) is 0 Å². The van der Waals surface area contributed by atoms with E-state index in [0.717, 1.165) is 11.1 Å². The van der Waals surface area contributed by atoms with Crippen LogP contribution in [0, 0.1) is 6.92 Å². The first-order valence-corrected chi connectivity index (χ1v) is 9.66. The van der Waals surface area contributed by atoms with Crippen LogP contribution in [-0.2, 0) is 14.6 Å². The maximum atomic E-state index is 12.0. The number of anilines is 1. The molecule has 0 bridgehead atoms. The second-order valence-corrected chi connectivity index (χ2v) is 8.49. The Morgan fingerprint density at radius 2 is 1.87 bits per heavy atom. The lowest BCUT2D eigenvalue weighted by atomic mass is 10.2. The van der Waals surface area contributed by atoms with Gasteiger partial charge in [0.1, 0.15) is 0 Å². The molecule has 0 aliphatic rings. The van der Waals surface area contributed by atoms with Gasteiger partial charge in [0.05, 0.1) is 9.77 Å². The van der Waals surface area contributed by atoms with E-state index in [1.165, 1.54) is 23.5 Å². The van der Waals surface area contributed by atoms with E-state index in [2.05, 4.69) is 5.32 Å². The lowest BCUT2D eigenvalue weighted by molar-refractivity contribution is -0.116. The maximum Gasteiger partial charge on any atom is 0.224 e. The zero-order valence-corrected chi connectivity index (χ0v) is 14.5. The highest BCUT2D eigenvalue weighted by Crippen LogP contribution is 2.18. The minimum atomic E-state index is -3.32. The van der Waals surface area contributed by atoms with Crippen LogP contribution in [0.3, 0.4) is 0 Å². The van der Waals surface area contributed by atoms with Crippen molar-refractivity contribution in [2.24, 2.45) is 0 Å². The van der Waals surface area contributed by atoms with Gasteiger partial charge in [0.15, 0.2) is 15.6 Å². The lowest BCUT2D eigenvalue weighted by Gasteiger charge is -2.06. The normalized spacial score (nSPS) is 11.2. The predicted molar refractivity (Wildman–Crippen MR) is 90.8 cm³/mol. The quantitative estimate of drug-likeness (QED) is 0.811. The molecule has 23 heavy (non-hydrogen) atoms. The number of hydrogen-bond acceptors (Lipinski definition) is 5. The number of sulfone groups is 1. The number of amides is 1. The van der Waals surface area contributed by atoms with Gasteiger partial charge in [0, 0.05) is 29.7 Å². The van der Waals surface area contributed by atoms with E-state index >= 15 is 0 Å². The molecule has 1 aromatic heterocycles. The molecule has 2 rings (SSSR count). The predicted octanol–water partition coefficient (Wildman–Crippen LogP) is 3.06. The summed E-state index contributed by atoms with van der Waals surface area (Å²) < 4.78 is 23.0. The fourth-order valence-electron chi connectivity index (χ4n) is 1.96. The Morgan fingerprint density at radius 3 is 2.48 bits per heavy atom. The lowest BCUT2D eigenvalue weighted by Crippen LogP contribution is -2.13. The van der Waals surface area contributed by atoms with Gasteiger partial charge in [-0.1, -0.05) is 6.07 Å². The molecule has 1 aromatic carbocycles. The van der Waals surface area contributed by atoms with Crippen molar-refractivity contribution in [3.63, 3.8) is 0 Å². The maximum absolute atomic E-state index is 12.0. The van der Waals surface area contributed by atoms with Gasteiger partial charge in [-0.3, -0.25) is 9.59 Å². The Bertz CT molecular complexity index is 837. The number of nitrogens with one attached hydrogen (secondary N) is 1. The highest BCUT2D eigenvalue weighted by molar-refractivity contribution is 7.90. The standard InChI is InChI=1S/C16H17NO4S2/c1-11-6-8-15(22-11)14(18)7-9-16(19)17-12-4-3-5-13(10-12)23(2,20)21/h3-6,8,10H,7,9H2,1-2H3,(H,17,19). The van der Waals surface area contributed by atoms with Gasteiger partial charge in [-0.25, -0.2) is 8.42 Å². The zero-order valence-electron chi connectivity index (χ0n) is 12.8. The van der Waals surface area contributed by atoms with E-state index in [0.29, 0.717) is 10.6 Å². The second kappa shape index (κ2) is 7.06. The van der Waals surface area contributed by atoms with Crippen molar-refractivity contribution in [2.45, 2.75) is 24.7 Å². The van der Waals surface area contributed by atoms with E-state index in [1.807, 2.05) is 13.0 Å². The number of ketones is 1. The molecule has 0 radical (unpaired) electrons. The molecule has 2 aromatic rings. The summed E-state index contributed by atoms with van der Waals surface area (Å²) in [6.45, 7) is 1.92. The SMILES string of the molecule is Cc1ccc(C(=O)CCC(=O)Nc2cccc(S(C)(=O)=O)c2)s1. The van der Waals surface area contributed by atoms with Crippen LogP contribution in [0.2, 0.25) is 0 Å². The first-order chi connectivity index (χ1) is 10.8. The Kier molecular flexibility index (Phi) is 5.33. The summed E-state index contributed by atoms with van der Waals surface area (Å²) in [6.07, 6.45) is 1.28. The van der Waals surface area contributed by atoms with Gasteiger partial charge >= 0.3 is 0 Å². The molecular weight excluding hydrogens is 334 g/mol. The summed E-state index contributed by atoms with van der Waals surface area (Å²) in [6, 6.07) is 9.67. The number of carbonyl (C=O) groups is 2. The van der Waals surface area contributed by atoms with Crippen molar-refractivity contribution >= 4 is 38.6 Å². The third-order valence-electron chi connectivity index (χ3n) is 3.14. The van der Waals surface area contributed by atoms with Crippen molar-refractivity contribution in [2.75, 3.05) is 11.6 Å². The molecule has 0 aliphatic heterocycles. The zero-order chi connectivity index (χ0) is 17.0. The smallest absolute Gasteiger partial charge is 0.224 e. The number of Topliss-reactive ketones (excluding diaryl/α,β-unsaturated/α-hetero) is 1. The third-order valence-corrected chi connectivity index (χ3v) is 5.29. The number of thiophene rings is 1. The molecule has 0 unspecified atom stereocenters. The summed E-state index contributed by atoms with van der Waals surface area (Å²) in [7, 11) is -3.32. The Hall–Kier alpha value is -1.99. The second-order valence-electron chi connectivity index (χ2n) is 5.18. The Morgan fingerprint density at radius 1 is 1.13 bits per heavy atom. The molecule has 7 heteroatoms. The number of carbonyl (C=O) groups excluding carboxylic acids is 2. The average molecular weight is 351 g/mol. The van der Waals surface area contributed by atoms with Gasteiger partial charge in [-0.2, -0.15) is 0 Å². The van der Waals surface area contributed by atoms with Crippen LogP contribution in [-0.4, -0.2) is 26.4 Å². The Balaban J connectivity index is 1.94. The summed E-state index contributed by atoms with van der Waals surface area (Å²) >= 11 is 1.41. The van der Waals surface area contributed by atoms with Crippen molar-refractivity contribution < 1.29 is 18.0 Å². The van der Waals surface area contributed by atoms with Crippen molar-refractivity contribution in [1.82, 2.24) is 0 Å². The average Bonchev–Trinajstić information content (AvgIpc) is 2.91. The largest absolute Gasteiger partial charge is 0.326 e. The molecule has 0 fully saturated rings. The van der Waals surface area contributed by atoms with Crippen LogP contribution in [0.1, 0.15) is 27.4 Å². The van der Waals surface area contributed by atoms with Gasteiger partial charge in [-0.15, -0.1) is 11.3 Å². The van der Waals surface area contributed by atoms with Crippen molar-refractivity contribution in [1.29, 1.82) is 0 Å². The molecule has 0 saturated carbocycles. The van der Waals surface area contributed by atoms with Crippen LogP contribution < -0.4 is 5.32 Å². The molecule has 0 aliphatic carbocycles. The number of benzene rings is 1. The minimum absolute atomic E-state index is 0.0544. The first-order valence-electron chi connectivity index (χ1n) is 6.95. The van der Waals surface area contributed by atoms with E-state index in [1.54, 1.807) is 18.2 Å². The molecule has 5 nitrogen and oxygen atoms in total. The molecule has 1 N–H and O–H groups in total. The van der Waals surface area contributed by atoms with Gasteiger partial charge < -0.3 is 5.32 Å². The summed E-state index contributed by atoms with van der Waals surface area (Å²) in [5, 5.41) is 2.61. The Labute approximate surface area is 139 Å². The van der Waals surface area contributed by atoms with Crippen molar-refractivity contribution in [3.8, 4) is 0 Å². The molecule has 122 valence electrons. The highest BCUT2D eigenvalue weighted by Gasteiger charge is 2.12. The fourth-order valence-corrected chi connectivity index (χ4v) is 3.46. The monoisotopic (exact) mass is 351 g/mol. The summed E-state index contributed by atoms with van der Waals surface area (Å²) in [4.78, 5) is 25.7. The summed E-state index contributed by atoms with van der Waals surface area (Å²) in [5.41, 5.74) is 0.400. The van der Waals surface area contributed by atoms with E-state index in [9.17, 15) is 18.0 Å². The van der Waals surface area contributed by atoms with Crippen LogP contribution in [0.15, 0.2) is 41.3 Å². The molecule has 1 heterocycles. The number of aryl methyl sites for hydroxylation is 1. The number of rotatable bonds is 6. The minimum Gasteiger partial charge on any atom is -0.326 e. The van der Waals surface area contributed by atoms with E-state index in [-0.39, 0.29) is 29.4 Å². The number of hydrogen-bond donors (Lipinski definition) is 1. The summed E-state index contributed by atoms with van der Waals surface area (Å²) in [5.74, 6) is -0.389. The van der Waals surface area contributed by atoms with Crippen LogP contribution in [0.4, 0.5) is 5.69 Å². The third kappa shape index (κ3) is 5.01. The molecule has 0 saturated heterocycles. The molecule has 0 atom stereocenters. The topological polar surface area (TPSA) is 80.3 Å². The van der Waals surface area contributed by atoms with Gasteiger partial charge in [0.2, 0.25) is 5.91 Å². The van der Waals surface area contributed by atoms with E-state index in [4.69, 9.17) is 0 Å². The van der Waals surface area contributed by atoms with Crippen LogP contribution >= 0.6 is 11.3 Å². The molecule has 1 amide bonds. The van der Waals surface area contributed by atoms with Gasteiger partial charge in [-0.05, 0) is 37.3 Å². The van der Waals surface area contributed by atoms with Crippen LogP contribution in [0.25, 0.3) is 0 Å². The van der Waals surface area contributed by atoms with E-state index < -0.39 is 9.84 Å².